The van der Waals surface area contributed by atoms with Gasteiger partial charge in [-0.05, 0) is 63.0 Å². The van der Waals surface area contributed by atoms with Gasteiger partial charge in [-0.25, -0.2) is 0 Å². The number of piperidine rings is 1. The lowest BCUT2D eigenvalue weighted by Gasteiger charge is -2.31. The molecular formula is C17H21NO. The highest BCUT2D eigenvalue weighted by molar-refractivity contribution is 5.42. The van der Waals surface area contributed by atoms with E-state index >= 15 is 0 Å². The van der Waals surface area contributed by atoms with Crippen LogP contribution < -0.4 is 4.74 Å². The molecule has 19 heavy (non-hydrogen) atoms. The van der Waals surface area contributed by atoms with Crippen molar-refractivity contribution >= 4 is 0 Å². The SMILES string of the molecule is COc1ccc(C#CC2(N3CCCCC3)CC2)cc1. The fourth-order valence-corrected chi connectivity index (χ4v) is 2.82. The van der Waals surface area contributed by atoms with Crippen molar-refractivity contribution in [3.8, 4) is 17.6 Å². The molecule has 1 saturated carbocycles. The van der Waals surface area contributed by atoms with Crippen molar-refractivity contribution in [2.75, 3.05) is 20.2 Å². The topological polar surface area (TPSA) is 12.5 Å². The normalized spacial score (nSPS) is 21.3. The predicted octanol–water partition coefficient (Wildman–Crippen LogP) is 3.07. The van der Waals surface area contributed by atoms with Gasteiger partial charge in [-0.15, -0.1) is 0 Å². The summed E-state index contributed by atoms with van der Waals surface area (Å²) in [6, 6.07) is 8.03. The summed E-state index contributed by atoms with van der Waals surface area (Å²) in [5, 5.41) is 0. The van der Waals surface area contributed by atoms with Gasteiger partial charge in [0.25, 0.3) is 0 Å². The Kier molecular flexibility index (Phi) is 3.48. The minimum Gasteiger partial charge on any atom is -0.497 e. The number of benzene rings is 1. The molecule has 2 nitrogen and oxygen atoms in total. The first-order valence-electron chi connectivity index (χ1n) is 7.25. The lowest BCUT2D eigenvalue weighted by Crippen LogP contribution is -2.40. The van der Waals surface area contributed by atoms with Gasteiger partial charge in [0, 0.05) is 5.56 Å². The third-order valence-corrected chi connectivity index (χ3v) is 4.21. The van der Waals surface area contributed by atoms with Gasteiger partial charge >= 0.3 is 0 Å². The zero-order valence-electron chi connectivity index (χ0n) is 11.6. The van der Waals surface area contributed by atoms with Crippen LogP contribution in [0, 0.1) is 11.8 Å². The summed E-state index contributed by atoms with van der Waals surface area (Å²) >= 11 is 0. The monoisotopic (exact) mass is 255 g/mol. The molecule has 100 valence electrons. The summed E-state index contributed by atoms with van der Waals surface area (Å²) in [5.41, 5.74) is 1.30. The first-order valence-corrected chi connectivity index (χ1v) is 7.25. The highest BCUT2D eigenvalue weighted by atomic mass is 16.5. The molecule has 2 aliphatic rings. The maximum atomic E-state index is 5.17. The second-order valence-corrected chi connectivity index (χ2v) is 5.56. The van der Waals surface area contributed by atoms with Crippen LogP contribution >= 0.6 is 0 Å². The van der Waals surface area contributed by atoms with Gasteiger partial charge < -0.3 is 4.74 Å². The maximum Gasteiger partial charge on any atom is 0.118 e. The standard InChI is InChI=1S/C17H21NO/c1-19-16-7-5-15(6-8-16)9-10-17(11-12-17)18-13-3-2-4-14-18/h5-8H,2-4,11-14H2,1H3. The number of likely N-dealkylation sites (tertiary alicyclic amines) is 1. The lowest BCUT2D eigenvalue weighted by atomic mass is 10.1. The minimum atomic E-state index is 0.209. The molecule has 1 aliphatic heterocycles. The van der Waals surface area contributed by atoms with Gasteiger partial charge in [0.15, 0.2) is 0 Å². The molecule has 2 heteroatoms. The summed E-state index contributed by atoms with van der Waals surface area (Å²) in [6.45, 7) is 2.47. The molecule has 1 saturated heterocycles. The molecule has 2 fully saturated rings. The van der Waals surface area contributed by atoms with Crippen LogP contribution in [0.2, 0.25) is 0 Å². The van der Waals surface area contributed by atoms with E-state index in [1.54, 1.807) is 7.11 Å². The van der Waals surface area contributed by atoms with E-state index in [1.165, 1.54) is 45.2 Å². The van der Waals surface area contributed by atoms with E-state index in [0.29, 0.717) is 0 Å². The second kappa shape index (κ2) is 5.27. The van der Waals surface area contributed by atoms with Crippen LogP contribution in [0.3, 0.4) is 0 Å². The lowest BCUT2D eigenvalue weighted by molar-refractivity contribution is 0.182. The number of methoxy groups -OCH3 is 1. The molecule has 0 atom stereocenters. The number of hydrogen-bond donors (Lipinski definition) is 0. The molecule has 0 radical (unpaired) electrons. The summed E-state index contributed by atoms with van der Waals surface area (Å²) in [6.07, 6.45) is 6.56. The highest BCUT2D eigenvalue weighted by Gasteiger charge is 2.46. The maximum absolute atomic E-state index is 5.17. The van der Waals surface area contributed by atoms with Crippen LogP contribution in [0.4, 0.5) is 0 Å². The van der Waals surface area contributed by atoms with E-state index < -0.39 is 0 Å². The van der Waals surface area contributed by atoms with E-state index in [0.717, 1.165) is 11.3 Å². The van der Waals surface area contributed by atoms with E-state index in [9.17, 15) is 0 Å². The van der Waals surface area contributed by atoms with Gasteiger partial charge in [0.05, 0.1) is 12.6 Å². The Morgan fingerprint density at radius 2 is 1.74 bits per heavy atom. The molecule has 0 amide bonds. The molecule has 0 aromatic heterocycles. The molecule has 1 aromatic carbocycles. The van der Waals surface area contributed by atoms with Crippen LogP contribution in [0.5, 0.6) is 5.75 Å². The third kappa shape index (κ3) is 2.77. The molecule has 0 unspecified atom stereocenters. The average Bonchev–Trinajstić information content (AvgIpc) is 3.28. The number of hydrogen-bond acceptors (Lipinski definition) is 2. The van der Waals surface area contributed by atoms with Gasteiger partial charge in [-0.2, -0.15) is 0 Å². The van der Waals surface area contributed by atoms with Gasteiger partial charge in [-0.1, -0.05) is 18.3 Å². The Morgan fingerprint density at radius 3 is 2.32 bits per heavy atom. The van der Waals surface area contributed by atoms with Gasteiger partial charge in [-0.3, -0.25) is 4.90 Å². The van der Waals surface area contributed by atoms with Crippen LogP contribution in [0.25, 0.3) is 0 Å². The van der Waals surface area contributed by atoms with E-state index in [4.69, 9.17) is 4.74 Å². The van der Waals surface area contributed by atoms with E-state index in [-0.39, 0.29) is 5.54 Å². The molecule has 3 rings (SSSR count). The van der Waals surface area contributed by atoms with Crippen LogP contribution in [0.1, 0.15) is 37.7 Å². The zero-order valence-corrected chi connectivity index (χ0v) is 11.6. The third-order valence-electron chi connectivity index (χ3n) is 4.21. The minimum absolute atomic E-state index is 0.209. The first kappa shape index (κ1) is 12.6. The first-order chi connectivity index (χ1) is 9.32. The molecule has 1 heterocycles. The Morgan fingerprint density at radius 1 is 1.05 bits per heavy atom. The highest BCUT2D eigenvalue weighted by Crippen LogP contribution is 2.42. The van der Waals surface area contributed by atoms with Crippen molar-refractivity contribution in [2.45, 2.75) is 37.6 Å². The summed E-state index contributed by atoms with van der Waals surface area (Å²) in [7, 11) is 1.69. The molecule has 0 bridgehead atoms. The zero-order chi connectivity index (χ0) is 13.1. The molecular weight excluding hydrogens is 234 g/mol. The van der Waals surface area contributed by atoms with Crippen molar-refractivity contribution < 1.29 is 4.74 Å². The van der Waals surface area contributed by atoms with Gasteiger partial charge in [0.2, 0.25) is 0 Å². The second-order valence-electron chi connectivity index (χ2n) is 5.56. The predicted molar refractivity (Wildman–Crippen MR) is 77.3 cm³/mol. The van der Waals surface area contributed by atoms with Crippen molar-refractivity contribution in [3.63, 3.8) is 0 Å². The largest absolute Gasteiger partial charge is 0.497 e. The Balaban J connectivity index is 1.71. The number of ether oxygens (including phenoxy) is 1. The van der Waals surface area contributed by atoms with Crippen LogP contribution in [-0.4, -0.2) is 30.6 Å². The van der Waals surface area contributed by atoms with Crippen LogP contribution in [0.15, 0.2) is 24.3 Å². The number of nitrogens with zero attached hydrogens (tertiary/aromatic N) is 1. The molecule has 1 aromatic rings. The molecule has 1 aliphatic carbocycles. The smallest absolute Gasteiger partial charge is 0.118 e. The average molecular weight is 255 g/mol. The quantitative estimate of drug-likeness (QED) is 0.753. The Labute approximate surface area is 115 Å². The number of rotatable bonds is 2. The fraction of sp³-hybridized carbons (Fsp3) is 0.529. The van der Waals surface area contributed by atoms with Crippen molar-refractivity contribution in [1.82, 2.24) is 4.90 Å². The van der Waals surface area contributed by atoms with Gasteiger partial charge in [0.1, 0.15) is 5.75 Å². The Bertz CT molecular complexity index is 484. The summed E-state index contributed by atoms with van der Waals surface area (Å²) in [4.78, 5) is 2.60. The van der Waals surface area contributed by atoms with E-state index in [1.807, 2.05) is 24.3 Å². The van der Waals surface area contributed by atoms with Crippen LogP contribution in [-0.2, 0) is 0 Å². The summed E-state index contributed by atoms with van der Waals surface area (Å²) < 4.78 is 5.17. The van der Waals surface area contributed by atoms with E-state index in [2.05, 4.69) is 16.7 Å². The fourth-order valence-electron chi connectivity index (χ4n) is 2.82. The molecule has 0 spiro atoms. The van der Waals surface area contributed by atoms with Crippen molar-refractivity contribution in [3.05, 3.63) is 29.8 Å². The van der Waals surface area contributed by atoms with Crippen molar-refractivity contribution in [1.29, 1.82) is 0 Å². The summed E-state index contributed by atoms with van der Waals surface area (Å²) in [5.74, 6) is 7.77. The van der Waals surface area contributed by atoms with Crippen molar-refractivity contribution in [2.24, 2.45) is 0 Å². The molecule has 0 N–H and O–H groups in total. The Hall–Kier alpha value is -1.46.